The first-order valence-electron chi connectivity index (χ1n) is 6.62. The van der Waals surface area contributed by atoms with Gasteiger partial charge in [0, 0.05) is 13.6 Å². The molecule has 0 fully saturated rings. The van der Waals surface area contributed by atoms with E-state index in [9.17, 15) is 4.79 Å². The first kappa shape index (κ1) is 14.1. The Balaban J connectivity index is 1.79. The lowest BCUT2D eigenvalue weighted by molar-refractivity contribution is 0.0790. The van der Waals surface area contributed by atoms with Crippen LogP contribution in [-0.2, 0) is 6.54 Å². The van der Waals surface area contributed by atoms with Gasteiger partial charge in [0.15, 0.2) is 0 Å². The van der Waals surface area contributed by atoms with Gasteiger partial charge in [0.05, 0.1) is 9.21 Å². The Hall–Kier alpha value is -1.84. The van der Waals surface area contributed by atoms with Crippen molar-refractivity contribution in [3.05, 3.63) is 69.4 Å². The third kappa shape index (κ3) is 3.09. The van der Waals surface area contributed by atoms with Crippen molar-refractivity contribution in [2.45, 2.75) is 6.54 Å². The second-order valence-corrected chi connectivity index (χ2v) is 6.66. The zero-order chi connectivity index (χ0) is 14.8. The first-order valence-corrected chi connectivity index (χ1v) is 7.81. The van der Waals surface area contributed by atoms with E-state index in [1.54, 1.807) is 17.0 Å². The summed E-state index contributed by atoms with van der Waals surface area (Å²) in [6.07, 6.45) is 0. The molecule has 0 atom stereocenters. The molecule has 21 heavy (non-hydrogen) atoms. The monoisotopic (exact) mass is 315 g/mol. The number of amides is 1. The molecule has 0 bridgehead atoms. The summed E-state index contributed by atoms with van der Waals surface area (Å²) < 4.78 is 0.637. The summed E-state index contributed by atoms with van der Waals surface area (Å²) in [4.78, 5) is 14.7. The molecule has 2 nitrogen and oxygen atoms in total. The van der Waals surface area contributed by atoms with E-state index in [0.29, 0.717) is 15.8 Å². The zero-order valence-electron chi connectivity index (χ0n) is 11.5. The second-order valence-electron chi connectivity index (χ2n) is 4.95. The number of rotatable bonds is 3. The van der Waals surface area contributed by atoms with Gasteiger partial charge in [-0.2, -0.15) is 0 Å². The number of carbonyl (C=O) groups excluding carboxylic acids is 1. The van der Waals surface area contributed by atoms with Gasteiger partial charge in [-0.25, -0.2) is 0 Å². The highest BCUT2D eigenvalue weighted by Gasteiger charge is 2.14. The Morgan fingerprint density at radius 1 is 1.10 bits per heavy atom. The van der Waals surface area contributed by atoms with Crippen LogP contribution in [0.5, 0.6) is 0 Å². The molecule has 1 amide bonds. The third-order valence-corrected chi connectivity index (χ3v) is 4.58. The highest BCUT2D eigenvalue weighted by molar-refractivity contribution is 7.17. The summed E-state index contributed by atoms with van der Waals surface area (Å²) in [6.45, 7) is 0.583. The van der Waals surface area contributed by atoms with Gasteiger partial charge < -0.3 is 4.90 Å². The number of hydrogen-bond donors (Lipinski definition) is 0. The van der Waals surface area contributed by atoms with Gasteiger partial charge in [0.2, 0.25) is 0 Å². The summed E-state index contributed by atoms with van der Waals surface area (Å²) >= 11 is 7.19. The minimum Gasteiger partial charge on any atom is -0.337 e. The summed E-state index contributed by atoms with van der Waals surface area (Å²) in [5.74, 6) is 0.0000543. The maximum absolute atomic E-state index is 12.3. The van der Waals surface area contributed by atoms with Crippen molar-refractivity contribution in [2.75, 3.05) is 7.05 Å². The van der Waals surface area contributed by atoms with Crippen LogP contribution in [0.3, 0.4) is 0 Å². The molecule has 0 radical (unpaired) electrons. The fourth-order valence-corrected chi connectivity index (χ4v) is 3.34. The van der Waals surface area contributed by atoms with Gasteiger partial charge >= 0.3 is 0 Å². The van der Waals surface area contributed by atoms with E-state index < -0.39 is 0 Å². The number of halogens is 1. The van der Waals surface area contributed by atoms with Crippen LogP contribution >= 0.6 is 22.9 Å². The average Bonchev–Trinajstić information content (AvgIpc) is 2.93. The number of fused-ring (bicyclic) bond motifs is 1. The summed E-state index contributed by atoms with van der Waals surface area (Å²) in [5.41, 5.74) is 1.12. The van der Waals surface area contributed by atoms with Gasteiger partial charge in [0.1, 0.15) is 0 Å². The number of thiophene rings is 1. The van der Waals surface area contributed by atoms with Crippen LogP contribution < -0.4 is 0 Å². The molecule has 0 unspecified atom stereocenters. The fourth-order valence-electron chi connectivity index (χ4n) is 2.30. The van der Waals surface area contributed by atoms with Crippen molar-refractivity contribution in [3.63, 3.8) is 0 Å². The molecule has 0 spiro atoms. The highest BCUT2D eigenvalue weighted by Crippen LogP contribution is 2.23. The standard InChI is InChI=1S/C17H14ClNOS/c1-19(17(20)15-8-9-16(18)21-15)11-12-6-7-13-4-2-3-5-14(13)10-12/h2-10H,11H2,1H3. The Morgan fingerprint density at radius 2 is 1.86 bits per heavy atom. The number of nitrogens with zero attached hydrogens (tertiary/aromatic N) is 1. The van der Waals surface area contributed by atoms with E-state index in [-0.39, 0.29) is 5.91 Å². The Morgan fingerprint density at radius 3 is 2.57 bits per heavy atom. The molecule has 1 heterocycles. The maximum Gasteiger partial charge on any atom is 0.264 e. The molecule has 0 aliphatic rings. The van der Waals surface area contributed by atoms with Crippen LogP contribution in [0.1, 0.15) is 15.2 Å². The molecule has 2 aromatic carbocycles. The molecule has 0 aliphatic heterocycles. The predicted molar refractivity (Wildman–Crippen MR) is 89.1 cm³/mol. The van der Waals surface area contributed by atoms with Gasteiger partial charge in [-0.15, -0.1) is 11.3 Å². The van der Waals surface area contributed by atoms with E-state index in [0.717, 1.165) is 5.56 Å². The Bertz CT molecular complexity index is 796. The molecular formula is C17H14ClNOS. The SMILES string of the molecule is CN(Cc1ccc2ccccc2c1)C(=O)c1ccc(Cl)s1. The lowest BCUT2D eigenvalue weighted by Crippen LogP contribution is -2.25. The smallest absolute Gasteiger partial charge is 0.264 e. The molecule has 3 rings (SSSR count). The molecule has 4 heteroatoms. The molecule has 0 aliphatic carbocycles. The predicted octanol–water partition coefficient (Wildman–Crippen LogP) is 4.83. The number of benzene rings is 2. The average molecular weight is 316 g/mol. The fraction of sp³-hybridized carbons (Fsp3) is 0.118. The second kappa shape index (κ2) is 5.88. The molecule has 0 saturated carbocycles. The van der Waals surface area contributed by atoms with Crippen molar-refractivity contribution in [1.82, 2.24) is 4.90 Å². The Labute approximate surface area is 132 Å². The quantitative estimate of drug-likeness (QED) is 0.678. The molecule has 3 aromatic rings. The van der Waals surface area contributed by atoms with Gasteiger partial charge in [-0.1, -0.05) is 48.0 Å². The Kier molecular flexibility index (Phi) is 3.95. The number of hydrogen-bond acceptors (Lipinski definition) is 2. The molecular weight excluding hydrogens is 302 g/mol. The van der Waals surface area contributed by atoms with Crippen LogP contribution in [0.25, 0.3) is 10.8 Å². The normalized spacial score (nSPS) is 10.8. The van der Waals surface area contributed by atoms with Crippen LogP contribution in [0, 0.1) is 0 Å². The van der Waals surface area contributed by atoms with Crippen LogP contribution in [0.4, 0.5) is 0 Å². The van der Waals surface area contributed by atoms with Crippen LogP contribution in [0.2, 0.25) is 4.34 Å². The lowest BCUT2D eigenvalue weighted by Gasteiger charge is -2.16. The van der Waals surface area contributed by atoms with Gasteiger partial charge in [-0.05, 0) is 34.5 Å². The van der Waals surface area contributed by atoms with E-state index >= 15 is 0 Å². The van der Waals surface area contributed by atoms with Crippen LogP contribution in [0.15, 0.2) is 54.6 Å². The lowest BCUT2D eigenvalue weighted by atomic mass is 10.1. The van der Waals surface area contributed by atoms with Crippen molar-refractivity contribution in [1.29, 1.82) is 0 Å². The van der Waals surface area contributed by atoms with E-state index in [1.165, 1.54) is 22.1 Å². The summed E-state index contributed by atoms with van der Waals surface area (Å²) in [6, 6.07) is 18.0. The zero-order valence-corrected chi connectivity index (χ0v) is 13.1. The third-order valence-electron chi connectivity index (χ3n) is 3.36. The first-order chi connectivity index (χ1) is 10.1. The largest absolute Gasteiger partial charge is 0.337 e. The molecule has 0 saturated heterocycles. The summed E-state index contributed by atoms with van der Waals surface area (Å²) in [7, 11) is 1.81. The summed E-state index contributed by atoms with van der Waals surface area (Å²) in [5, 5.41) is 2.40. The van der Waals surface area contributed by atoms with Crippen molar-refractivity contribution < 1.29 is 4.79 Å². The minimum atomic E-state index is 0.0000543. The molecule has 1 aromatic heterocycles. The highest BCUT2D eigenvalue weighted by atomic mass is 35.5. The topological polar surface area (TPSA) is 20.3 Å². The maximum atomic E-state index is 12.3. The van der Waals surface area contributed by atoms with Crippen molar-refractivity contribution >= 4 is 39.6 Å². The van der Waals surface area contributed by atoms with Gasteiger partial charge in [0.25, 0.3) is 5.91 Å². The van der Waals surface area contributed by atoms with Crippen molar-refractivity contribution in [2.24, 2.45) is 0 Å². The van der Waals surface area contributed by atoms with Gasteiger partial charge in [-0.3, -0.25) is 4.79 Å². The van der Waals surface area contributed by atoms with E-state index in [4.69, 9.17) is 11.6 Å². The minimum absolute atomic E-state index is 0.0000543. The van der Waals surface area contributed by atoms with E-state index in [1.807, 2.05) is 19.2 Å². The molecule has 0 N–H and O–H groups in total. The van der Waals surface area contributed by atoms with Crippen LogP contribution in [-0.4, -0.2) is 17.9 Å². The molecule has 106 valence electrons. The van der Waals surface area contributed by atoms with Crippen molar-refractivity contribution in [3.8, 4) is 0 Å². The van der Waals surface area contributed by atoms with E-state index in [2.05, 4.69) is 30.3 Å². The number of carbonyl (C=O) groups is 1.